The molecule has 0 amide bonds. The van der Waals surface area contributed by atoms with Crippen LogP contribution in [0.5, 0.6) is 0 Å². The van der Waals surface area contributed by atoms with E-state index in [-0.39, 0.29) is 0 Å². The fraction of sp³-hybridized carbons (Fsp3) is 0.371. The number of nitrogens with zero attached hydrogens (tertiary/aromatic N) is 2. The molecule has 0 unspecified atom stereocenters. The third-order valence-electron chi connectivity index (χ3n) is 23.1. The lowest BCUT2D eigenvalue weighted by molar-refractivity contribution is 0.661. The second-order valence-electron chi connectivity index (χ2n) is 32.0. The first-order valence-corrected chi connectivity index (χ1v) is 47.2. The van der Waals surface area contributed by atoms with Crippen molar-refractivity contribution in [3.63, 3.8) is 0 Å². The van der Waals surface area contributed by atoms with E-state index >= 15 is 0 Å². The normalized spacial score (nSPS) is 11.8. The fourth-order valence-corrected chi connectivity index (χ4v) is 20.1. The van der Waals surface area contributed by atoms with Crippen molar-refractivity contribution in [1.29, 1.82) is 0 Å². The SMILES string of the molecule is Brc1ccc2c(c1)Cc1cc(Br)c3ccccc3c1-2.CCCCCCc1cc(CCCCCC)cc(-n2c3cc(Br)ccc3c3c4ccccc4c(Br)cc32)c1.CCCCCCc1cc(CCCCCC)cc(-n2c3cc(C)ccc3c3c4ccccc4c(C)cc32)c1.CCCCCCc1cc(I)cc(CCCCCC)c1. The molecule has 0 N–H and O–H groups in total. The summed E-state index contributed by atoms with van der Waals surface area (Å²) in [5, 5.41) is 13.3. The Balaban J connectivity index is 0.000000145. The van der Waals surface area contributed by atoms with Gasteiger partial charge < -0.3 is 9.13 Å². The number of halogens is 5. The van der Waals surface area contributed by atoms with Crippen molar-refractivity contribution in [3.8, 4) is 22.5 Å². The minimum absolute atomic E-state index is 1.02. The lowest BCUT2D eigenvalue weighted by Crippen LogP contribution is -2.00. The number of hydrogen-bond acceptors (Lipinski definition) is 0. The summed E-state index contributed by atoms with van der Waals surface area (Å²) in [5.41, 5.74) is 25.1. The van der Waals surface area contributed by atoms with Gasteiger partial charge in [-0.15, -0.1) is 0 Å². The van der Waals surface area contributed by atoms with Gasteiger partial charge in [-0.1, -0.05) is 336 Å². The molecule has 1 aliphatic carbocycles. The summed E-state index contributed by atoms with van der Waals surface area (Å²) in [6.07, 6.45) is 39.9. The Morgan fingerprint density at radius 3 is 1.12 bits per heavy atom. The predicted octanol–water partition coefficient (Wildman–Crippen LogP) is 35.0. The molecule has 0 saturated heterocycles. The molecule has 0 fully saturated rings. The number of aromatic nitrogens is 2. The van der Waals surface area contributed by atoms with Crippen molar-refractivity contribution in [2.75, 3.05) is 0 Å². The molecule has 2 heterocycles. The third kappa shape index (κ3) is 21.5. The first kappa shape index (κ1) is 85.1. The van der Waals surface area contributed by atoms with Crippen LogP contribution in [0, 0.1) is 17.4 Å². The Morgan fingerprint density at radius 1 is 0.295 bits per heavy atom. The van der Waals surface area contributed by atoms with Gasteiger partial charge in [0.25, 0.3) is 0 Å². The van der Waals surface area contributed by atoms with Crippen LogP contribution >= 0.6 is 86.3 Å². The highest BCUT2D eigenvalue weighted by Gasteiger charge is 2.24. The summed E-state index contributed by atoms with van der Waals surface area (Å²) >= 11 is 17.4. The summed E-state index contributed by atoms with van der Waals surface area (Å²) in [7, 11) is 0. The first-order chi connectivity index (χ1) is 54.7. The van der Waals surface area contributed by atoms with E-state index < -0.39 is 0 Å². The number of aryl methyl sites for hydroxylation is 8. The van der Waals surface area contributed by atoms with Crippen LogP contribution in [0.4, 0.5) is 0 Å². The van der Waals surface area contributed by atoms with Crippen LogP contribution < -0.4 is 0 Å². The Labute approximate surface area is 718 Å². The maximum absolute atomic E-state index is 3.90. The van der Waals surface area contributed by atoms with Crippen LogP contribution in [0.15, 0.2) is 218 Å². The van der Waals surface area contributed by atoms with Gasteiger partial charge in [-0.25, -0.2) is 0 Å². The molecule has 112 heavy (non-hydrogen) atoms. The Bertz CT molecular complexity index is 5160. The average molecular weight is 1860 g/mol. The van der Waals surface area contributed by atoms with Gasteiger partial charge in [-0.3, -0.25) is 0 Å². The molecule has 0 aliphatic heterocycles. The van der Waals surface area contributed by atoms with E-state index in [4.69, 9.17) is 0 Å². The second kappa shape index (κ2) is 42.5. The number of fused-ring (bicyclic) bond motifs is 15. The number of unbranched alkanes of at least 4 members (excludes halogenated alkanes) is 18. The minimum Gasteiger partial charge on any atom is -0.309 e. The zero-order valence-corrected chi connectivity index (χ0v) is 76.8. The van der Waals surface area contributed by atoms with Gasteiger partial charge in [-0.2, -0.15) is 0 Å². The molecular weight excluding hydrogens is 1740 g/mol. The monoisotopic (exact) mass is 1850 g/mol. The Hall–Kier alpha value is -6.33. The van der Waals surface area contributed by atoms with Gasteiger partial charge >= 0.3 is 0 Å². The van der Waals surface area contributed by atoms with Crippen LogP contribution in [0.3, 0.4) is 0 Å². The number of rotatable bonds is 32. The molecule has 2 nitrogen and oxygen atoms in total. The second-order valence-corrected chi connectivity index (χ2v) is 36.8. The molecule has 1 aliphatic rings. The smallest absolute Gasteiger partial charge is 0.0558 e. The molecule has 2 aromatic heterocycles. The number of hydrogen-bond donors (Lipinski definition) is 0. The van der Waals surface area contributed by atoms with Gasteiger partial charge in [-0.05, 0) is 304 Å². The Kier molecular flexibility index (Phi) is 32.3. The summed E-state index contributed by atoms with van der Waals surface area (Å²) < 4.78 is 11.1. The van der Waals surface area contributed by atoms with Crippen molar-refractivity contribution in [2.24, 2.45) is 0 Å². The lowest BCUT2D eigenvalue weighted by Gasteiger charge is -2.14. The summed E-state index contributed by atoms with van der Waals surface area (Å²) in [5.74, 6) is 0. The zero-order chi connectivity index (χ0) is 78.5. The predicted molar refractivity (Wildman–Crippen MR) is 515 cm³/mol. The summed E-state index contributed by atoms with van der Waals surface area (Å²) in [6, 6.07) is 75.6. The average Bonchev–Trinajstić information content (AvgIpc) is 1.58. The zero-order valence-electron chi connectivity index (χ0n) is 68.3. The van der Waals surface area contributed by atoms with Crippen LogP contribution in [0.2, 0.25) is 0 Å². The fourth-order valence-electron chi connectivity index (χ4n) is 17.4. The van der Waals surface area contributed by atoms with Crippen LogP contribution in [0.1, 0.15) is 251 Å². The van der Waals surface area contributed by atoms with E-state index in [2.05, 4.69) is 351 Å². The standard InChI is InChI=1S/C36H43N.C34H37Br2N.C18H29I.C17H10Br2/c1-5-7-9-11-15-28-23-29(16-12-10-8-6-2)25-30(24-28)37-34-21-26(3)19-20-33(34)36-32-18-14-13-17-31(32)27(4)22-35(36)37;1-3-5-7-9-13-24-19-25(14-10-8-6-4-2)21-27(20-24)37-32-22-26(35)17-18-30(32)34-29-16-12-11-15-28(29)31(36)23-33(34)37;1-3-5-7-9-11-16-13-17(15-18(19)14-16)12-10-8-6-4-2;18-12-5-6-13-10(8-12)7-11-9-16(19)14-3-1-2-4-15(14)17(11)13/h13-14,17-25H,5-12,15-16H2,1-4H3;11-12,15-23H,3-10,13-14H2,1-2H3;13-15H,3-12H2,1-2H3;1-6,8-9H,7H2. The van der Waals surface area contributed by atoms with E-state index in [0.29, 0.717) is 0 Å². The maximum Gasteiger partial charge on any atom is 0.0558 e. The highest BCUT2D eigenvalue weighted by atomic mass is 127. The molecule has 0 radical (unpaired) electrons. The highest BCUT2D eigenvalue weighted by molar-refractivity contribution is 14.1. The van der Waals surface area contributed by atoms with Crippen molar-refractivity contribution in [2.45, 2.75) is 254 Å². The minimum atomic E-state index is 1.02. The molecule has 15 rings (SSSR count). The molecule has 12 aromatic carbocycles. The van der Waals surface area contributed by atoms with Gasteiger partial charge in [0.15, 0.2) is 0 Å². The molecule has 0 atom stereocenters. The summed E-state index contributed by atoms with van der Waals surface area (Å²) in [6.45, 7) is 18.2. The summed E-state index contributed by atoms with van der Waals surface area (Å²) in [4.78, 5) is 0. The quantitative estimate of drug-likeness (QED) is 0.0294. The Morgan fingerprint density at radius 2 is 0.661 bits per heavy atom. The van der Waals surface area contributed by atoms with Crippen LogP contribution in [-0.4, -0.2) is 9.13 Å². The van der Waals surface area contributed by atoms with Crippen LogP contribution in [0.25, 0.3) is 98.4 Å². The number of benzene rings is 12. The van der Waals surface area contributed by atoms with E-state index in [1.54, 1.807) is 11.1 Å². The lowest BCUT2D eigenvalue weighted by atomic mass is 9.98. The first-order valence-electron chi connectivity index (χ1n) is 43.0. The van der Waals surface area contributed by atoms with Crippen molar-refractivity contribution in [1.82, 2.24) is 9.13 Å². The van der Waals surface area contributed by atoms with E-state index in [0.717, 1.165) is 32.7 Å². The maximum atomic E-state index is 3.90. The van der Waals surface area contributed by atoms with Crippen LogP contribution in [-0.2, 0) is 44.9 Å². The molecule has 0 saturated carbocycles. The van der Waals surface area contributed by atoms with Gasteiger partial charge in [0, 0.05) is 54.4 Å². The van der Waals surface area contributed by atoms with Gasteiger partial charge in [0.1, 0.15) is 0 Å². The van der Waals surface area contributed by atoms with E-state index in [1.165, 1.54) is 331 Å². The molecule has 14 aromatic rings. The molecular formula is C105H119Br4IN2. The molecule has 7 heteroatoms. The molecule has 0 bridgehead atoms. The molecule has 584 valence electrons. The molecule has 0 spiro atoms. The van der Waals surface area contributed by atoms with Gasteiger partial charge in [0.05, 0.1) is 22.1 Å². The van der Waals surface area contributed by atoms with E-state index in [1.807, 2.05) is 0 Å². The topological polar surface area (TPSA) is 9.86 Å². The van der Waals surface area contributed by atoms with Crippen molar-refractivity contribution in [3.05, 3.63) is 277 Å². The van der Waals surface area contributed by atoms with Crippen molar-refractivity contribution >= 4 is 162 Å². The van der Waals surface area contributed by atoms with Gasteiger partial charge in [0.2, 0.25) is 0 Å². The van der Waals surface area contributed by atoms with Crippen molar-refractivity contribution < 1.29 is 0 Å². The highest BCUT2D eigenvalue weighted by Crippen LogP contribution is 2.46. The largest absolute Gasteiger partial charge is 0.309 e. The van der Waals surface area contributed by atoms with E-state index in [9.17, 15) is 0 Å². The third-order valence-corrected chi connectivity index (χ3v) is 26.1.